The van der Waals surface area contributed by atoms with Crippen molar-refractivity contribution in [2.75, 3.05) is 32.7 Å². The molecule has 0 N–H and O–H groups in total. The van der Waals surface area contributed by atoms with E-state index in [1.165, 1.54) is 62.4 Å². The van der Waals surface area contributed by atoms with Crippen molar-refractivity contribution >= 4 is 16.8 Å². The van der Waals surface area contributed by atoms with Crippen LogP contribution in [0.15, 0.2) is 30.5 Å². The third-order valence-corrected chi connectivity index (χ3v) is 8.76. The zero-order valence-electron chi connectivity index (χ0n) is 22.3. The van der Waals surface area contributed by atoms with Crippen LogP contribution < -0.4 is 4.74 Å². The number of carbonyl (C=O) groups excluding carboxylic acids is 1. The second-order valence-corrected chi connectivity index (χ2v) is 11.5. The Labute approximate surface area is 217 Å². The van der Waals surface area contributed by atoms with E-state index >= 15 is 0 Å². The minimum absolute atomic E-state index is 0.269. The molecule has 1 amide bonds. The molecular weight excluding hydrogens is 446 g/mol. The van der Waals surface area contributed by atoms with Crippen molar-refractivity contribution < 1.29 is 9.53 Å². The number of benzene rings is 1. The summed E-state index contributed by atoms with van der Waals surface area (Å²) in [7, 11) is 0. The van der Waals surface area contributed by atoms with E-state index < -0.39 is 0 Å². The molecule has 0 radical (unpaired) electrons. The van der Waals surface area contributed by atoms with E-state index in [-0.39, 0.29) is 12.0 Å². The normalized spacial score (nSPS) is 24.2. The van der Waals surface area contributed by atoms with Crippen molar-refractivity contribution in [3.8, 4) is 5.75 Å². The highest BCUT2D eigenvalue weighted by molar-refractivity contribution is 5.85. The van der Waals surface area contributed by atoms with Gasteiger partial charge in [0.1, 0.15) is 17.4 Å². The van der Waals surface area contributed by atoms with E-state index in [0.29, 0.717) is 5.91 Å². The monoisotopic (exact) mass is 491 g/mol. The Hall–Kier alpha value is -2.14. The predicted molar refractivity (Wildman–Crippen MR) is 146 cm³/mol. The number of carbonyl (C=O) groups is 1. The molecule has 0 atom stereocenters. The van der Waals surface area contributed by atoms with E-state index in [0.717, 1.165) is 75.5 Å². The molecule has 3 aliphatic rings. The number of pyridine rings is 1. The largest absolute Gasteiger partial charge is 0.488 e. The molecule has 0 bridgehead atoms. The number of nitrogens with zero attached hydrogens (tertiary/aromatic N) is 3. The minimum Gasteiger partial charge on any atom is -0.488 e. The fourth-order valence-electron chi connectivity index (χ4n) is 6.55. The molecule has 1 saturated carbocycles. The Kier molecular flexibility index (Phi) is 8.79. The summed E-state index contributed by atoms with van der Waals surface area (Å²) in [5.74, 6) is 2.45. The summed E-state index contributed by atoms with van der Waals surface area (Å²) in [5, 5.41) is 1.19. The molecule has 0 spiro atoms. The summed E-state index contributed by atoms with van der Waals surface area (Å²) in [5.41, 5.74) is 2.36. The van der Waals surface area contributed by atoms with Gasteiger partial charge in [0.15, 0.2) is 0 Å². The van der Waals surface area contributed by atoms with Crippen molar-refractivity contribution in [2.45, 2.75) is 90.1 Å². The fourth-order valence-corrected chi connectivity index (χ4v) is 6.55. The summed E-state index contributed by atoms with van der Waals surface area (Å²) >= 11 is 0. The van der Waals surface area contributed by atoms with Crippen LogP contribution in [0.4, 0.5) is 0 Å². The number of aromatic nitrogens is 1. The number of hydrogen-bond donors (Lipinski definition) is 0. The van der Waals surface area contributed by atoms with E-state index in [1.54, 1.807) is 0 Å². The highest BCUT2D eigenvalue weighted by Crippen LogP contribution is 2.33. The highest BCUT2D eigenvalue weighted by atomic mass is 16.5. The molecule has 2 aliphatic heterocycles. The lowest BCUT2D eigenvalue weighted by molar-refractivity contribution is -0.137. The third kappa shape index (κ3) is 6.40. The number of piperidine rings is 2. The highest BCUT2D eigenvalue weighted by Gasteiger charge is 2.31. The molecule has 196 valence electrons. The lowest BCUT2D eigenvalue weighted by atomic mass is 9.80. The van der Waals surface area contributed by atoms with Gasteiger partial charge in [0.05, 0.1) is 0 Å². The van der Waals surface area contributed by atoms with E-state index in [1.807, 2.05) is 12.3 Å². The molecule has 3 heterocycles. The van der Waals surface area contributed by atoms with Crippen molar-refractivity contribution in [1.29, 1.82) is 0 Å². The molecule has 36 heavy (non-hydrogen) atoms. The van der Waals surface area contributed by atoms with Gasteiger partial charge in [-0.3, -0.25) is 9.78 Å². The van der Waals surface area contributed by atoms with Crippen LogP contribution in [-0.4, -0.2) is 59.5 Å². The Morgan fingerprint density at radius 1 is 1.00 bits per heavy atom. The molecule has 5 rings (SSSR count). The molecule has 1 aromatic carbocycles. The number of unbranched alkanes of at least 4 members (excludes halogenated alkanes) is 1. The quantitative estimate of drug-likeness (QED) is 0.438. The van der Waals surface area contributed by atoms with Crippen LogP contribution in [-0.2, 0) is 11.2 Å². The van der Waals surface area contributed by atoms with Gasteiger partial charge in [-0.15, -0.1) is 0 Å². The summed E-state index contributed by atoms with van der Waals surface area (Å²) in [4.78, 5) is 22.3. The van der Waals surface area contributed by atoms with Gasteiger partial charge in [0, 0.05) is 50.2 Å². The molecule has 5 nitrogen and oxygen atoms in total. The molecule has 0 unspecified atom stereocenters. The van der Waals surface area contributed by atoms with Crippen LogP contribution in [0.3, 0.4) is 0 Å². The number of ether oxygens (including phenoxy) is 1. The number of likely N-dealkylation sites (tertiary alicyclic amines) is 2. The molecule has 2 saturated heterocycles. The van der Waals surface area contributed by atoms with Gasteiger partial charge in [0.2, 0.25) is 5.91 Å². The Balaban J connectivity index is 1.09. The third-order valence-electron chi connectivity index (χ3n) is 8.76. The Bertz CT molecular complexity index is 986. The van der Waals surface area contributed by atoms with Gasteiger partial charge < -0.3 is 14.5 Å². The van der Waals surface area contributed by atoms with E-state index in [2.05, 4.69) is 39.9 Å². The first kappa shape index (κ1) is 25.5. The van der Waals surface area contributed by atoms with Crippen molar-refractivity contribution in [1.82, 2.24) is 14.8 Å². The van der Waals surface area contributed by atoms with E-state index in [9.17, 15) is 4.79 Å². The van der Waals surface area contributed by atoms with Gasteiger partial charge >= 0.3 is 0 Å². The van der Waals surface area contributed by atoms with Crippen LogP contribution in [0.2, 0.25) is 0 Å². The van der Waals surface area contributed by atoms with Crippen LogP contribution in [0, 0.1) is 11.8 Å². The first-order chi connectivity index (χ1) is 17.7. The second-order valence-electron chi connectivity index (χ2n) is 11.5. The van der Waals surface area contributed by atoms with Crippen LogP contribution in [0.5, 0.6) is 5.75 Å². The Morgan fingerprint density at radius 3 is 2.53 bits per heavy atom. The Morgan fingerprint density at radius 2 is 1.78 bits per heavy atom. The van der Waals surface area contributed by atoms with Crippen molar-refractivity contribution in [3.63, 3.8) is 0 Å². The standard InChI is InChI=1S/C31H45N3O2/c1-2-3-8-25-21-27-9-7-16-32-30(27)29(22-25)36-28-14-19-33(20-15-28)23-24-10-12-26(13-11-24)31(35)34-17-5-4-6-18-34/h7,9,16,21-22,24,26,28H,2-6,8,10-15,17-20,23H2,1H3. The molecule has 1 aromatic heterocycles. The smallest absolute Gasteiger partial charge is 0.225 e. The molecule has 1 aliphatic carbocycles. The summed E-state index contributed by atoms with van der Waals surface area (Å²) < 4.78 is 6.59. The van der Waals surface area contributed by atoms with E-state index in [4.69, 9.17) is 4.74 Å². The lowest BCUT2D eigenvalue weighted by Gasteiger charge is -2.37. The SMILES string of the molecule is CCCCc1cc(OC2CCN(CC3CCC(C(=O)N4CCCCC4)CC3)CC2)c2ncccc2c1. The number of rotatable bonds is 8. The maximum Gasteiger partial charge on any atom is 0.225 e. The van der Waals surface area contributed by atoms with Gasteiger partial charge in [-0.2, -0.15) is 0 Å². The minimum atomic E-state index is 0.269. The van der Waals surface area contributed by atoms with Gasteiger partial charge in [-0.05, 0) is 100 Å². The number of hydrogen-bond acceptors (Lipinski definition) is 4. The average molecular weight is 492 g/mol. The molecular formula is C31H45N3O2. The maximum atomic E-state index is 12.9. The molecule has 3 fully saturated rings. The number of amides is 1. The first-order valence-corrected chi connectivity index (χ1v) is 14.7. The average Bonchev–Trinajstić information content (AvgIpc) is 2.93. The lowest BCUT2D eigenvalue weighted by Crippen LogP contribution is -2.43. The molecule has 2 aromatic rings. The summed E-state index contributed by atoms with van der Waals surface area (Å²) in [6, 6.07) is 8.69. The maximum absolute atomic E-state index is 12.9. The molecule has 5 heteroatoms. The van der Waals surface area contributed by atoms with Gasteiger partial charge in [0.25, 0.3) is 0 Å². The number of aryl methyl sites for hydroxylation is 1. The van der Waals surface area contributed by atoms with Crippen LogP contribution in [0.25, 0.3) is 10.9 Å². The fraction of sp³-hybridized carbons (Fsp3) is 0.677. The topological polar surface area (TPSA) is 45.7 Å². The number of fused-ring (bicyclic) bond motifs is 1. The summed E-state index contributed by atoms with van der Waals surface area (Å²) in [6.07, 6.45) is 16.1. The van der Waals surface area contributed by atoms with Gasteiger partial charge in [-0.25, -0.2) is 0 Å². The summed E-state index contributed by atoms with van der Waals surface area (Å²) in [6.45, 7) is 7.63. The van der Waals surface area contributed by atoms with Crippen molar-refractivity contribution in [3.05, 3.63) is 36.0 Å². The van der Waals surface area contributed by atoms with Crippen LogP contribution in [0.1, 0.15) is 83.1 Å². The van der Waals surface area contributed by atoms with Crippen molar-refractivity contribution in [2.24, 2.45) is 11.8 Å². The zero-order chi connectivity index (χ0) is 24.7. The zero-order valence-corrected chi connectivity index (χ0v) is 22.3. The predicted octanol–water partition coefficient (Wildman–Crippen LogP) is 6.24. The second kappa shape index (κ2) is 12.4. The van der Waals surface area contributed by atoms with Crippen LogP contribution >= 0.6 is 0 Å². The first-order valence-electron chi connectivity index (χ1n) is 14.7. The van der Waals surface area contributed by atoms with Gasteiger partial charge in [-0.1, -0.05) is 19.4 Å².